The molecule has 0 amide bonds. The van der Waals surface area contributed by atoms with Gasteiger partial charge in [-0.3, -0.25) is 4.79 Å². The first-order valence-electron chi connectivity index (χ1n) is 3.86. The zero-order chi connectivity index (χ0) is 9.68. The fourth-order valence-corrected chi connectivity index (χ4v) is 0.930. The minimum atomic E-state index is -0.0896. The highest BCUT2D eigenvalue weighted by Crippen LogP contribution is 1.87. The third-order valence-corrected chi connectivity index (χ3v) is 1.64. The van der Waals surface area contributed by atoms with Gasteiger partial charge < -0.3 is 15.5 Å². The van der Waals surface area contributed by atoms with Gasteiger partial charge in [0.05, 0.1) is 0 Å². The van der Waals surface area contributed by atoms with E-state index in [-0.39, 0.29) is 11.4 Å². The lowest BCUT2D eigenvalue weighted by molar-refractivity contribution is 0.316. The topological polar surface area (TPSA) is 80.6 Å². The number of aryl methyl sites for hydroxylation is 1. The highest BCUT2D eigenvalue weighted by Gasteiger charge is 1.96. The van der Waals surface area contributed by atoms with Gasteiger partial charge in [0.1, 0.15) is 5.84 Å². The van der Waals surface area contributed by atoms with Crippen molar-refractivity contribution in [1.29, 1.82) is 0 Å². The van der Waals surface area contributed by atoms with Gasteiger partial charge in [0, 0.05) is 25.2 Å². The molecule has 1 heterocycles. The Morgan fingerprint density at radius 3 is 3.00 bits per heavy atom. The Balaban J connectivity index is 2.65. The minimum Gasteiger partial charge on any atom is -0.409 e. The van der Waals surface area contributed by atoms with E-state index in [1.165, 1.54) is 10.6 Å². The van der Waals surface area contributed by atoms with E-state index in [0.717, 1.165) is 0 Å². The maximum absolute atomic E-state index is 11.1. The van der Waals surface area contributed by atoms with Gasteiger partial charge in [-0.2, -0.15) is 0 Å². The number of pyridine rings is 1. The third-order valence-electron chi connectivity index (χ3n) is 1.64. The fourth-order valence-electron chi connectivity index (χ4n) is 0.930. The van der Waals surface area contributed by atoms with Crippen LogP contribution < -0.4 is 11.3 Å². The van der Waals surface area contributed by atoms with Gasteiger partial charge in [0.2, 0.25) is 0 Å². The summed E-state index contributed by atoms with van der Waals surface area (Å²) in [6, 6.07) is 4.89. The predicted molar refractivity (Wildman–Crippen MR) is 48.7 cm³/mol. The molecule has 0 bridgehead atoms. The van der Waals surface area contributed by atoms with E-state index in [1.54, 1.807) is 18.3 Å². The molecule has 13 heavy (non-hydrogen) atoms. The van der Waals surface area contributed by atoms with Crippen molar-refractivity contribution in [3.8, 4) is 0 Å². The van der Waals surface area contributed by atoms with Crippen LogP contribution in [0.3, 0.4) is 0 Å². The fraction of sp³-hybridized carbons (Fsp3) is 0.250. The molecule has 0 atom stereocenters. The van der Waals surface area contributed by atoms with Crippen LogP contribution in [-0.2, 0) is 6.54 Å². The molecule has 0 saturated carbocycles. The van der Waals surface area contributed by atoms with Gasteiger partial charge in [-0.1, -0.05) is 11.2 Å². The predicted octanol–water partition coefficient (Wildman–Crippen LogP) is -0.0152. The van der Waals surface area contributed by atoms with Gasteiger partial charge in [0.25, 0.3) is 5.56 Å². The lowest BCUT2D eigenvalue weighted by atomic mass is 10.4. The number of nitrogens with two attached hydrogens (primary N) is 1. The van der Waals surface area contributed by atoms with Crippen LogP contribution >= 0.6 is 0 Å². The molecule has 0 aliphatic heterocycles. The average molecular weight is 181 g/mol. The van der Waals surface area contributed by atoms with E-state index in [2.05, 4.69) is 5.16 Å². The van der Waals surface area contributed by atoms with E-state index < -0.39 is 0 Å². The molecule has 3 N–H and O–H groups in total. The summed E-state index contributed by atoms with van der Waals surface area (Å²) in [5, 5.41) is 11.1. The molecule has 0 radical (unpaired) electrons. The van der Waals surface area contributed by atoms with Crippen LogP contribution in [0.2, 0.25) is 0 Å². The van der Waals surface area contributed by atoms with Crippen molar-refractivity contribution >= 4 is 5.84 Å². The van der Waals surface area contributed by atoms with E-state index in [9.17, 15) is 4.79 Å². The van der Waals surface area contributed by atoms with E-state index in [4.69, 9.17) is 10.9 Å². The van der Waals surface area contributed by atoms with Crippen LogP contribution in [0.1, 0.15) is 6.42 Å². The number of oxime groups is 1. The molecule has 1 rings (SSSR count). The molecule has 1 aromatic heterocycles. The summed E-state index contributed by atoms with van der Waals surface area (Å²) in [5.41, 5.74) is 5.17. The van der Waals surface area contributed by atoms with E-state index in [0.29, 0.717) is 13.0 Å². The molecule has 70 valence electrons. The summed E-state index contributed by atoms with van der Waals surface area (Å²) >= 11 is 0. The van der Waals surface area contributed by atoms with Gasteiger partial charge in [-0.15, -0.1) is 0 Å². The Morgan fingerprint density at radius 1 is 1.62 bits per heavy atom. The minimum absolute atomic E-state index is 0.0896. The lowest BCUT2D eigenvalue weighted by Crippen LogP contribution is -2.22. The smallest absolute Gasteiger partial charge is 0.250 e. The van der Waals surface area contributed by atoms with Crippen LogP contribution in [0.25, 0.3) is 0 Å². The van der Waals surface area contributed by atoms with Crippen molar-refractivity contribution in [3.05, 3.63) is 34.7 Å². The average Bonchev–Trinajstić information content (AvgIpc) is 2.16. The van der Waals surface area contributed by atoms with Crippen LogP contribution in [0.4, 0.5) is 0 Å². The molecule has 0 saturated heterocycles. The van der Waals surface area contributed by atoms with Crippen molar-refractivity contribution in [2.24, 2.45) is 10.9 Å². The zero-order valence-corrected chi connectivity index (χ0v) is 7.05. The highest BCUT2D eigenvalue weighted by atomic mass is 16.4. The molecule has 0 spiro atoms. The van der Waals surface area contributed by atoms with Crippen molar-refractivity contribution in [1.82, 2.24) is 4.57 Å². The van der Waals surface area contributed by atoms with Crippen molar-refractivity contribution in [2.45, 2.75) is 13.0 Å². The molecule has 0 unspecified atom stereocenters. The molecule has 0 aliphatic carbocycles. The lowest BCUT2D eigenvalue weighted by Gasteiger charge is -2.02. The summed E-state index contributed by atoms with van der Waals surface area (Å²) in [4.78, 5) is 11.1. The number of amidine groups is 1. The second-order valence-corrected chi connectivity index (χ2v) is 2.57. The maximum atomic E-state index is 11.1. The molecule has 0 aliphatic rings. The number of nitrogens with zero attached hydrogens (tertiary/aromatic N) is 2. The zero-order valence-electron chi connectivity index (χ0n) is 7.05. The standard InChI is InChI=1S/C8H11N3O2/c9-7(10-13)4-6-11-5-2-1-3-8(11)12/h1-3,5,13H,4,6H2,(H2,9,10). The molecule has 5 heteroatoms. The van der Waals surface area contributed by atoms with Crippen LogP contribution in [0, 0.1) is 0 Å². The molecule has 0 aromatic carbocycles. The summed E-state index contributed by atoms with van der Waals surface area (Å²) in [6.07, 6.45) is 2.02. The third kappa shape index (κ3) is 2.62. The van der Waals surface area contributed by atoms with E-state index in [1.807, 2.05) is 0 Å². The molecule has 5 nitrogen and oxygen atoms in total. The highest BCUT2D eigenvalue weighted by molar-refractivity contribution is 5.79. The largest absolute Gasteiger partial charge is 0.409 e. The summed E-state index contributed by atoms with van der Waals surface area (Å²) < 4.78 is 1.50. The van der Waals surface area contributed by atoms with Crippen molar-refractivity contribution in [2.75, 3.05) is 0 Å². The molecular weight excluding hydrogens is 170 g/mol. The second-order valence-electron chi connectivity index (χ2n) is 2.57. The maximum Gasteiger partial charge on any atom is 0.250 e. The number of hydrogen-bond acceptors (Lipinski definition) is 3. The summed E-state index contributed by atoms with van der Waals surface area (Å²) in [7, 11) is 0. The van der Waals surface area contributed by atoms with Gasteiger partial charge in [0.15, 0.2) is 0 Å². The van der Waals surface area contributed by atoms with E-state index >= 15 is 0 Å². The van der Waals surface area contributed by atoms with Crippen molar-refractivity contribution in [3.63, 3.8) is 0 Å². The Morgan fingerprint density at radius 2 is 2.38 bits per heavy atom. The monoisotopic (exact) mass is 181 g/mol. The summed E-state index contributed by atoms with van der Waals surface area (Å²) in [6.45, 7) is 0.426. The van der Waals surface area contributed by atoms with Gasteiger partial charge >= 0.3 is 0 Å². The molecule has 0 fully saturated rings. The molecular formula is C8H11N3O2. The summed E-state index contributed by atoms with van der Waals surface area (Å²) in [5.74, 6) is 0.121. The van der Waals surface area contributed by atoms with Crippen LogP contribution in [-0.4, -0.2) is 15.6 Å². The Bertz CT molecular complexity index is 356. The van der Waals surface area contributed by atoms with Gasteiger partial charge in [-0.05, 0) is 6.07 Å². The van der Waals surface area contributed by atoms with Crippen LogP contribution in [0.15, 0.2) is 34.3 Å². The number of hydrogen-bond donors (Lipinski definition) is 2. The second kappa shape index (κ2) is 4.30. The SMILES string of the molecule is N/C(CCn1ccccc1=O)=N/O. The van der Waals surface area contributed by atoms with Gasteiger partial charge in [-0.25, -0.2) is 0 Å². The first-order chi connectivity index (χ1) is 6.24. The van der Waals surface area contributed by atoms with Crippen molar-refractivity contribution < 1.29 is 5.21 Å². The first kappa shape index (κ1) is 9.31. The normalized spacial score (nSPS) is 11.5. The number of rotatable bonds is 3. The first-order valence-corrected chi connectivity index (χ1v) is 3.86. The van der Waals surface area contributed by atoms with Crippen LogP contribution in [0.5, 0.6) is 0 Å². The molecule has 1 aromatic rings. The quantitative estimate of drug-likeness (QED) is 0.298. The Kier molecular flexibility index (Phi) is 3.08. The Hall–Kier alpha value is -1.78. The number of aromatic nitrogens is 1. The Labute approximate surface area is 75.1 Å².